The Morgan fingerprint density at radius 2 is 2.29 bits per heavy atom. The second kappa shape index (κ2) is 6.18. The van der Waals surface area contributed by atoms with Gasteiger partial charge in [-0.05, 0) is 18.6 Å². The monoisotopic (exact) mass is 293 g/mol. The van der Waals surface area contributed by atoms with Crippen molar-refractivity contribution in [2.75, 3.05) is 12.0 Å². The van der Waals surface area contributed by atoms with Crippen LogP contribution >= 0.6 is 0 Å². The number of anilines is 1. The molecule has 0 aromatic heterocycles. The summed E-state index contributed by atoms with van der Waals surface area (Å²) in [5, 5.41) is 16.2. The number of nitrogens with zero attached hydrogens (tertiary/aromatic N) is 1. The zero-order valence-electron chi connectivity index (χ0n) is 11.1. The van der Waals surface area contributed by atoms with Gasteiger partial charge >= 0.3 is 0 Å². The lowest BCUT2D eigenvalue weighted by Gasteiger charge is -2.11. The maximum Gasteiger partial charge on any atom is 0.293 e. The summed E-state index contributed by atoms with van der Waals surface area (Å²) in [5.41, 5.74) is 2.29. The Morgan fingerprint density at radius 1 is 1.52 bits per heavy atom. The van der Waals surface area contributed by atoms with E-state index in [1.165, 1.54) is 18.2 Å². The number of nitro groups is 1. The minimum atomic E-state index is -0.592. The molecule has 9 heteroatoms. The number of rotatable bonds is 5. The predicted molar refractivity (Wildman–Crippen MR) is 74.4 cm³/mol. The molecule has 9 nitrogen and oxygen atoms in total. The van der Waals surface area contributed by atoms with Gasteiger partial charge in [0.15, 0.2) is 0 Å². The van der Waals surface area contributed by atoms with Gasteiger partial charge in [0.25, 0.3) is 11.6 Å². The van der Waals surface area contributed by atoms with Gasteiger partial charge in [-0.3, -0.25) is 25.5 Å². The number of nitrogens with two attached hydrogens (primary N) is 1. The second-order valence-electron chi connectivity index (χ2n) is 4.65. The molecule has 1 aliphatic rings. The fourth-order valence-electron chi connectivity index (χ4n) is 2.10. The predicted octanol–water partition coefficient (Wildman–Crippen LogP) is -0.111. The maximum absolute atomic E-state index is 12.0. The van der Waals surface area contributed by atoms with Gasteiger partial charge in [-0.15, -0.1) is 0 Å². The number of carbonyl (C=O) groups excluding carboxylic acids is 2. The summed E-state index contributed by atoms with van der Waals surface area (Å²) >= 11 is 0. The van der Waals surface area contributed by atoms with Crippen molar-refractivity contribution in [3.63, 3.8) is 0 Å². The Hall–Kier alpha value is -2.68. The van der Waals surface area contributed by atoms with Crippen LogP contribution in [0, 0.1) is 10.1 Å². The third-order valence-corrected chi connectivity index (χ3v) is 3.20. The lowest BCUT2D eigenvalue weighted by Crippen LogP contribution is -2.38. The summed E-state index contributed by atoms with van der Waals surface area (Å²) in [6, 6.07) is 3.79. The van der Waals surface area contributed by atoms with Crippen LogP contribution in [-0.2, 0) is 4.79 Å². The van der Waals surface area contributed by atoms with Gasteiger partial charge in [-0.1, -0.05) is 0 Å². The molecule has 0 spiro atoms. The molecule has 5 N–H and O–H groups in total. The first-order chi connectivity index (χ1) is 10.0. The average Bonchev–Trinajstić information content (AvgIpc) is 2.89. The summed E-state index contributed by atoms with van der Waals surface area (Å²) in [7, 11) is 0. The number of hydrazine groups is 1. The Kier molecular flexibility index (Phi) is 4.33. The maximum atomic E-state index is 12.0. The quantitative estimate of drug-likeness (QED) is 0.339. The first-order valence-electron chi connectivity index (χ1n) is 6.34. The van der Waals surface area contributed by atoms with Crippen molar-refractivity contribution >= 4 is 23.2 Å². The number of hydrogen-bond acceptors (Lipinski definition) is 6. The number of nitrogens with one attached hydrogen (secondary N) is 3. The minimum Gasteiger partial charge on any atom is -0.352 e. The number of carbonyl (C=O) groups is 2. The molecule has 1 saturated heterocycles. The Labute approximate surface area is 120 Å². The SMILES string of the molecule is NNc1cc(C(=O)NCC2CCC(=O)N2)ccc1[N+](=O)[O-]. The molecule has 1 aliphatic heterocycles. The first-order valence-corrected chi connectivity index (χ1v) is 6.34. The molecule has 1 atom stereocenters. The van der Waals surface area contributed by atoms with E-state index in [-0.39, 0.29) is 34.8 Å². The topological polar surface area (TPSA) is 139 Å². The molecule has 0 aliphatic carbocycles. The molecule has 1 heterocycles. The molecule has 1 unspecified atom stereocenters. The van der Waals surface area contributed by atoms with Crippen molar-refractivity contribution in [3.8, 4) is 0 Å². The largest absolute Gasteiger partial charge is 0.352 e. The fourth-order valence-corrected chi connectivity index (χ4v) is 2.10. The van der Waals surface area contributed by atoms with E-state index < -0.39 is 4.92 Å². The standard InChI is InChI=1S/C12H15N5O4/c13-16-9-5-7(1-3-10(9)17(20)21)12(19)14-6-8-2-4-11(18)15-8/h1,3,5,8,16H,2,4,6,13H2,(H,14,19)(H,15,18). The third kappa shape index (κ3) is 3.45. The van der Waals surface area contributed by atoms with E-state index in [0.717, 1.165) is 0 Å². The molecule has 112 valence electrons. The molecule has 0 bridgehead atoms. The van der Waals surface area contributed by atoms with Gasteiger partial charge in [0.1, 0.15) is 5.69 Å². The highest BCUT2D eigenvalue weighted by Gasteiger charge is 2.22. The Bertz CT molecular complexity index is 589. The molecule has 0 saturated carbocycles. The lowest BCUT2D eigenvalue weighted by atomic mass is 10.1. The summed E-state index contributed by atoms with van der Waals surface area (Å²) in [6.45, 7) is 0.312. The van der Waals surface area contributed by atoms with Crippen LogP contribution in [0.3, 0.4) is 0 Å². The Balaban J connectivity index is 2.02. The smallest absolute Gasteiger partial charge is 0.293 e. The van der Waals surface area contributed by atoms with E-state index in [0.29, 0.717) is 19.4 Å². The van der Waals surface area contributed by atoms with Crippen LogP contribution in [0.15, 0.2) is 18.2 Å². The van der Waals surface area contributed by atoms with Crippen LogP contribution in [0.5, 0.6) is 0 Å². The van der Waals surface area contributed by atoms with Gasteiger partial charge in [0.05, 0.1) is 4.92 Å². The van der Waals surface area contributed by atoms with E-state index in [2.05, 4.69) is 16.1 Å². The van der Waals surface area contributed by atoms with Gasteiger partial charge in [-0.25, -0.2) is 0 Å². The highest BCUT2D eigenvalue weighted by Crippen LogP contribution is 2.24. The zero-order valence-corrected chi connectivity index (χ0v) is 11.1. The van der Waals surface area contributed by atoms with Crippen molar-refractivity contribution in [3.05, 3.63) is 33.9 Å². The summed E-state index contributed by atoms with van der Waals surface area (Å²) < 4.78 is 0. The number of hydrogen-bond donors (Lipinski definition) is 4. The molecule has 0 radical (unpaired) electrons. The van der Waals surface area contributed by atoms with Gasteiger partial charge < -0.3 is 16.1 Å². The molecular weight excluding hydrogens is 278 g/mol. The van der Waals surface area contributed by atoms with Crippen molar-refractivity contribution in [2.24, 2.45) is 5.84 Å². The van der Waals surface area contributed by atoms with Crippen molar-refractivity contribution in [1.82, 2.24) is 10.6 Å². The molecular formula is C12H15N5O4. The van der Waals surface area contributed by atoms with Gasteiger partial charge in [0.2, 0.25) is 5.91 Å². The van der Waals surface area contributed by atoms with Crippen molar-refractivity contribution < 1.29 is 14.5 Å². The summed E-state index contributed by atoms with van der Waals surface area (Å²) in [6.07, 6.45) is 1.13. The number of benzene rings is 1. The van der Waals surface area contributed by atoms with Crippen LogP contribution in [0.1, 0.15) is 23.2 Å². The summed E-state index contributed by atoms with van der Waals surface area (Å²) in [5.74, 6) is 4.80. The fraction of sp³-hybridized carbons (Fsp3) is 0.333. The minimum absolute atomic E-state index is 0.0285. The van der Waals surface area contributed by atoms with Crippen molar-refractivity contribution in [2.45, 2.75) is 18.9 Å². The van der Waals surface area contributed by atoms with Crippen LogP contribution in [0.4, 0.5) is 11.4 Å². The molecule has 1 fully saturated rings. The third-order valence-electron chi connectivity index (χ3n) is 3.20. The molecule has 1 aromatic carbocycles. The highest BCUT2D eigenvalue weighted by molar-refractivity contribution is 5.96. The zero-order chi connectivity index (χ0) is 15.4. The van der Waals surface area contributed by atoms with Crippen LogP contribution < -0.4 is 21.9 Å². The van der Waals surface area contributed by atoms with E-state index >= 15 is 0 Å². The average molecular weight is 293 g/mol. The first kappa shape index (κ1) is 14.7. The Morgan fingerprint density at radius 3 is 2.86 bits per heavy atom. The summed E-state index contributed by atoms with van der Waals surface area (Å²) in [4.78, 5) is 33.2. The normalized spacial score (nSPS) is 17.2. The molecule has 1 aromatic rings. The van der Waals surface area contributed by atoms with Gasteiger partial charge in [-0.2, -0.15) is 0 Å². The van der Waals surface area contributed by atoms with E-state index in [4.69, 9.17) is 5.84 Å². The van der Waals surface area contributed by atoms with Crippen LogP contribution in [0.2, 0.25) is 0 Å². The lowest BCUT2D eigenvalue weighted by molar-refractivity contribution is -0.384. The van der Waals surface area contributed by atoms with Crippen molar-refractivity contribution in [1.29, 1.82) is 0 Å². The molecule has 21 heavy (non-hydrogen) atoms. The molecule has 2 rings (SSSR count). The number of nitrogen functional groups attached to an aromatic ring is 1. The van der Waals surface area contributed by atoms with Crippen LogP contribution in [-0.4, -0.2) is 29.3 Å². The van der Waals surface area contributed by atoms with E-state index in [1.54, 1.807) is 0 Å². The number of nitro benzene ring substituents is 1. The van der Waals surface area contributed by atoms with E-state index in [9.17, 15) is 19.7 Å². The second-order valence-corrected chi connectivity index (χ2v) is 4.65. The van der Waals surface area contributed by atoms with Crippen LogP contribution in [0.25, 0.3) is 0 Å². The van der Waals surface area contributed by atoms with Gasteiger partial charge in [0, 0.05) is 30.6 Å². The number of amides is 2. The molecule has 2 amide bonds. The van der Waals surface area contributed by atoms with E-state index in [1.807, 2.05) is 0 Å². The highest BCUT2D eigenvalue weighted by atomic mass is 16.6.